The van der Waals surface area contributed by atoms with Crippen molar-refractivity contribution in [1.82, 2.24) is 0 Å². The quantitative estimate of drug-likeness (QED) is 0.855. The number of esters is 1. The third-order valence-electron chi connectivity index (χ3n) is 2.35. The minimum absolute atomic E-state index is 0.284. The fraction of sp³-hybridized carbons (Fsp3) is 0.0833. The minimum atomic E-state index is -0.515. The summed E-state index contributed by atoms with van der Waals surface area (Å²) < 4.78 is 18.9. The van der Waals surface area contributed by atoms with Crippen molar-refractivity contribution < 1.29 is 13.9 Å². The monoisotopic (exact) mass is 329 g/mol. The van der Waals surface area contributed by atoms with E-state index in [1.165, 1.54) is 7.11 Å². The van der Waals surface area contributed by atoms with Crippen LogP contribution >= 0.6 is 27.3 Å². The summed E-state index contributed by atoms with van der Waals surface area (Å²) in [6, 6.07) is 6.53. The molecule has 0 saturated carbocycles. The molecular weight excluding hydrogens is 321 g/mol. The first-order valence-corrected chi connectivity index (χ1v) is 6.57. The number of thiophene rings is 1. The SMILES string of the molecule is COC(=O)c1sc(-c2cccc(Br)c2F)cc1N. The predicted octanol–water partition coefficient (Wildman–Crippen LogP) is 3.69. The van der Waals surface area contributed by atoms with Crippen molar-refractivity contribution in [2.45, 2.75) is 0 Å². The number of carbonyl (C=O) groups is 1. The summed E-state index contributed by atoms with van der Waals surface area (Å²) in [6.45, 7) is 0. The molecule has 18 heavy (non-hydrogen) atoms. The van der Waals surface area contributed by atoms with Gasteiger partial charge in [0.15, 0.2) is 0 Å². The summed E-state index contributed by atoms with van der Waals surface area (Å²) in [5.41, 5.74) is 6.41. The summed E-state index contributed by atoms with van der Waals surface area (Å²) in [5, 5.41) is 0. The summed E-state index contributed by atoms with van der Waals surface area (Å²) in [6.07, 6.45) is 0. The van der Waals surface area contributed by atoms with Crippen LogP contribution in [0.3, 0.4) is 0 Å². The molecule has 0 aliphatic heterocycles. The Labute approximate surface area is 116 Å². The number of anilines is 1. The number of ether oxygens (including phenoxy) is 1. The number of hydrogen-bond donors (Lipinski definition) is 1. The number of rotatable bonds is 2. The van der Waals surface area contributed by atoms with E-state index in [4.69, 9.17) is 5.73 Å². The second-order valence-corrected chi connectivity index (χ2v) is 5.39. The van der Waals surface area contributed by atoms with Crippen LogP contribution in [0.25, 0.3) is 10.4 Å². The van der Waals surface area contributed by atoms with Crippen molar-refractivity contribution in [3.63, 3.8) is 0 Å². The van der Waals surface area contributed by atoms with Gasteiger partial charge in [-0.05, 0) is 28.1 Å². The van der Waals surface area contributed by atoms with E-state index in [1.807, 2.05) is 0 Å². The number of nitrogen functional groups attached to an aromatic ring is 1. The third-order valence-corrected chi connectivity index (χ3v) is 4.13. The Morgan fingerprint density at radius 2 is 2.22 bits per heavy atom. The largest absolute Gasteiger partial charge is 0.465 e. The molecule has 2 rings (SSSR count). The summed E-state index contributed by atoms with van der Waals surface area (Å²) in [4.78, 5) is 12.3. The number of benzene rings is 1. The molecule has 0 amide bonds. The lowest BCUT2D eigenvalue weighted by molar-refractivity contribution is 0.0607. The van der Waals surface area contributed by atoms with Gasteiger partial charge in [-0.1, -0.05) is 12.1 Å². The number of hydrogen-bond acceptors (Lipinski definition) is 4. The smallest absolute Gasteiger partial charge is 0.350 e. The van der Waals surface area contributed by atoms with E-state index in [-0.39, 0.29) is 10.7 Å². The average Bonchev–Trinajstić information content (AvgIpc) is 2.73. The Bertz CT molecular complexity index is 612. The Morgan fingerprint density at radius 3 is 2.89 bits per heavy atom. The van der Waals surface area contributed by atoms with Crippen molar-refractivity contribution >= 4 is 38.9 Å². The van der Waals surface area contributed by atoms with E-state index in [2.05, 4.69) is 20.7 Å². The molecule has 2 aromatic rings. The van der Waals surface area contributed by atoms with Crippen molar-refractivity contribution in [3.8, 4) is 10.4 Å². The van der Waals surface area contributed by atoms with Gasteiger partial charge in [-0.15, -0.1) is 11.3 Å². The first-order chi connectivity index (χ1) is 8.54. The number of nitrogens with two attached hydrogens (primary N) is 1. The zero-order valence-electron chi connectivity index (χ0n) is 9.37. The fourth-order valence-corrected chi connectivity index (χ4v) is 2.87. The second kappa shape index (κ2) is 5.07. The highest BCUT2D eigenvalue weighted by atomic mass is 79.9. The minimum Gasteiger partial charge on any atom is -0.465 e. The van der Waals surface area contributed by atoms with Crippen LogP contribution in [0.2, 0.25) is 0 Å². The molecule has 0 aliphatic carbocycles. The van der Waals surface area contributed by atoms with Crippen molar-refractivity contribution in [2.75, 3.05) is 12.8 Å². The summed E-state index contributed by atoms with van der Waals surface area (Å²) >= 11 is 4.23. The predicted molar refractivity (Wildman–Crippen MR) is 73.2 cm³/mol. The van der Waals surface area contributed by atoms with Gasteiger partial charge < -0.3 is 10.5 Å². The molecule has 0 radical (unpaired) electrons. The molecule has 1 aromatic heterocycles. The maximum absolute atomic E-state index is 13.9. The zero-order valence-corrected chi connectivity index (χ0v) is 11.8. The number of methoxy groups -OCH3 is 1. The highest BCUT2D eigenvalue weighted by Gasteiger charge is 2.18. The van der Waals surface area contributed by atoms with Crippen molar-refractivity contribution in [2.24, 2.45) is 0 Å². The van der Waals surface area contributed by atoms with Crippen LogP contribution in [-0.2, 0) is 4.74 Å². The highest BCUT2D eigenvalue weighted by molar-refractivity contribution is 9.10. The lowest BCUT2D eigenvalue weighted by Crippen LogP contribution is -2.00. The first-order valence-electron chi connectivity index (χ1n) is 4.96. The normalized spacial score (nSPS) is 10.4. The van der Waals surface area contributed by atoms with Crippen LogP contribution in [0.15, 0.2) is 28.7 Å². The lowest BCUT2D eigenvalue weighted by Gasteiger charge is -2.01. The number of halogens is 2. The van der Waals surface area contributed by atoms with Gasteiger partial charge in [0, 0.05) is 10.4 Å². The zero-order chi connectivity index (χ0) is 13.3. The van der Waals surface area contributed by atoms with Gasteiger partial charge in [0.1, 0.15) is 10.7 Å². The first kappa shape index (κ1) is 13.0. The maximum Gasteiger partial charge on any atom is 0.350 e. The summed E-state index contributed by atoms with van der Waals surface area (Å²) in [5.74, 6) is -0.894. The third kappa shape index (κ3) is 2.26. The molecule has 2 N–H and O–H groups in total. The molecule has 3 nitrogen and oxygen atoms in total. The van der Waals surface area contributed by atoms with Crippen LogP contribution in [0.5, 0.6) is 0 Å². The fourth-order valence-electron chi connectivity index (χ4n) is 1.48. The van der Waals surface area contributed by atoms with E-state index >= 15 is 0 Å². The molecule has 0 aliphatic rings. The van der Waals surface area contributed by atoms with Gasteiger partial charge in [0.2, 0.25) is 0 Å². The second-order valence-electron chi connectivity index (χ2n) is 3.49. The molecule has 0 bridgehead atoms. The Balaban J connectivity index is 2.53. The van der Waals surface area contributed by atoms with Crippen LogP contribution < -0.4 is 5.73 Å². The van der Waals surface area contributed by atoms with E-state index in [0.717, 1.165) is 11.3 Å². The van der Waals surface area contributed by atoms with Gasteiger partial charge in [-0.25, -0.2) is 9.18 Å². The Morgan fingerprint density at radius 1 is 1.50 bits per heavy atom. The molecule has 94 valence electrons. The van der Waals surface area contributed by atoms with Crippen LogP contribution in [-0.4, -0.2) is 13.1 Å². The Kier molecular flexibility index (Phi) is 3.68. The van der Waals surface area contributed by atoms with Gasteiger partial charge in [0.25, 0.3) is 0 Å². The van der Waals surface area contributed by atoms with Gasteiger partial charge in [-0.2, -0.15) is 0 Å². The molecule has 0 fully saturated rings. The molecular formula is C12H9BrFNO2S. The molecule has 0 atom stereocenters. The topological polar surface area (TPSA) is 52.3 Å². The molecule has 0 unspecified atom stereocenters. The summed E-state index contributed by atoms with van der Waals surface area (Å²) in [7, 11) is 1.28. The number of carbonyl (C=O) groups excluding carboxylic acids is 1. The highest BCUT2D eigenvalue weighted by Crippen LogP contribution is 2.36. The molecule has 0 spiro atoms. The molecule has 0 saturated heterocycles. The van der Waals surface area contributed by atoms with E-state index in [1.54, 1.807) is 24.3 Å². The van der Waals surface area contributed by atoms with Crippen LogP contribution in [0, 0.1) is 5.82 Å². The average molecular weight is 330 g/mol. The van der Waals surface area contributed by atoms with Crippen LogP contribution in [0.4, 0.5) is 10.1 Å². The van der Waals surface area contributed by atoms with Crippen molar-refractivity contribution in [3.05, 3.63) is 39.4 Å². The maximum atomic E-state index is 13.9. The van der Waals surface area contributed by atoms with Gasteiger partial charge in [-0.3, -0.25) is 0 Å². The van der Waals surface area contributed by atoms with Crippen LogP contribution in [0.1, 0.15) is 9.67 Å². The van der Waals surface area contributed by atoms with Gasteiger partial charge >= 0.3 is 5.97 Å². The van der Waals surface area contributed by atoms with E-state index in [0.29, 0.717) is 20.6 Å². The van der Waals surface area contributed by atoms with E-state index in [9.17, 15) is 9.18 Å². The van der Waals surface area contributed by atoms with E-state index < -0.39 is 5.97 Å². The standard InChI is InChI=1S/C12H9BrFNO2S/c1-17-12(16)11-8(15)5-9(18-11)6-3-2-4-7(13)10(6)14/h2-5H,15H2,1H3. The molecule has 1 aromatic carbocycles. The molecule has 6 heteroatoms. The Hall–Kier alpha value is -1.40. The molecule has 1 heterocycles. The van der Waals surface area contributed by atoms with Crippen molar-refractivity contribution in [1.29, 1.82) is 0 Å². The van der Waals surface area contributed by atoms with Gasteiger partial charge in [0.05, 0.1) is 17.3 Å². The lowest BCUT2D eigenvalue weighted by atomic mass is 10.2.